The second-order valence-corrected chi connectivity index (χ2v) is 6.28. The van der Waals surface area contributed by atoms with Gasteiger partial charge >= 0.3 is 5.97 Å². The minimum absolute atomic E-state index is 0.0376. The highest BCUT2D eigenvalue weighted by molar-refractivity contribution is 6.42. The first-order chi connectivity index (χ1) is 11.3. The minimum atomic E-state index is -0.585. The van der Waals surface area contributed by atoms with Crippen molar-refractivity contribution < 1.29 is 14.3 Å². The van der Waals surface area contributed by atoms with Crippen LogP contribution in [0.1, 0.15) is 5.56 Å². The van der Waals surface area contributed by atoms with E-state index in [1.165, 1.54) is 12.3 Å². The van der Waals surface area contributed by atoms with Crippen molar-refractivity contribution in [3.8, 4) is 0 Å². The van der Waals surface area contributed by atoms with Crippen LogP contribution >= 0.6 is 46.4 Å². The molecule has 0 bridgehead atoms. The summed E-state index contributed by atoms with van der Waals surface area (Å²) in [6.07, 6.45) is 1.30. The number of carbonyl (C=O) groups is 2. The summed E-state index contributed by atoms with van der Waals surface area (Å²) >= 11 is 23.2. The Balaban J connectivity index is 1.84. The Morgan fingerprint density at radius 1 is 1.04 bits per heavy atom. The van der Waals surface area contributed by atoms with Gasteiger partial charge in [-0.25, -0.2) is 4.98 Å². The average molecular weight is 408 g/mol. The number of carbonyl (C=O) groups excluding carboxylic acids is 2. The second-order valence-electron chi connectivity index (χ2n) is 4.62. The number of esters is 1. The van der Waals surface area contributed by atoms with Crippen LogP contribution in [0.5, 0.6) is 0 Å². The normalized spacial score (nSPS) is 10.3. The molecule has 1 aromatic carbocycles. The summed E-state index contributed by atoms with van der Waals surface area (Å²) in [7, 11) is 0. The van der Waals surface area contributed by atoms with Crippen molar-refractivity contribution in [3.05, 3.63) is 56.1 Å². The predicted octanol–water partition coefficient (Wildman–Crippen LogP) is 4.42. The van der Waals surface area contributed by atoms with Gasteiger partial charge in [0, 0.05) is 6.20 Å². The van der Waals surface area contributed by atoms with Crippen LogP contribution in [0.25, 0.3) is 0 Å². The van der Waals surface area contributed by atoms with E-state index in [1.54, 1.807) is 18.2 Å². The van der Waals surface area contributed by atoms with Gasteiger partial charge in [-0.1, -0.05) is 52.5 Å². The molecule has 126 valence electrons. The predicted molar refractivity (Wildman–Crippen MR) is 94.0 cm³/mol. The van der Waals surface area contributed by atoms with Crippen LogP contribution in [-0.4, -0.2) is 23.5 Å². The second kappa shape index (κ2) is 8.53. The molecular formula is C15H10Cl4N2O3. The van der Waals surface area contributed by atoms with Gasteiger partial charge in [0.1, 0.15) is 0 Å². The molecule has 0 aliphatic carbocycles. The van der Waals surface area contributed by atoms with Crippen molar-refractivity contribution in [3.63, 3.8) is 0 Å². The van der Waals surface area contributed by atoms with Gasteiger partial charge in [0.05, 0.1) is 26.5 Å². The number of hydrogen-bond acceptors (Lipinski definition) is 4. The molecule has 0 fully saturated rings. The van der Waals surface area contributed by atoms with Crippen LogP contribution in [0, 0.1) is 0 Å². The Bertz CT molecular complexity index is 783. The van der Waals surface area contributed by atoms with Gasteiger partial charge in [-0.2, -0.15) is 0 Å². The zero-order valence-electron chi connectivity index (χ0n) is 12.0. The molecule has 2 aromatic rings. The SMILES string of the molecule is O=C(COC(=O)Cc1ccc(Cl)c(Cl)c1)Nc1ncc(Cl)cc1Cl. The lowest BCUT2D eigenvalue weighted by Gasteiger charge is -2.08. The zero-order chi connectivity index (χ0) is 17.7. The average Bonchev–Trinajstić information content (AvgIpc) is 2.52. The van der Waals surface area contributed by atoms with Crippen LogP contribution in [0.15, 0.2) is 30.5 Å². The highest BCUT2D eigenvalue weighted by atomic mass is 35.5. The maximum absolute atomic E-state index is 11.7. The zero-order valence-corrected chi connectivity index (χ0v) is 15.0. The van der Waals surface area contributed by atoms with Crippen LogP contribution in [0.2, 0.25) is 20.1 Å². The number of ether oxygens (including phenoxy) is 1. The van der Waals surface area contributed by atoms with Gasteiger partial charge < -0.3 is 10.1 Å². The van der Waals surface area contributed by atoms with Gasteiger partial charge in [0.15, 0.2) is 12.4 Å². The van der Waals surface area contributed by atoms with Crippen LogP contribution in [0.4, 0.5) is 5.82 Å². The molecule has 24 heavy (non-hydrogen) atoms. The molecular weight excluding hydrogens is 398 g/mol. The number of aromatic nitrogens is 1. The molecule has 0 atom stereocenters. The number of anilines is 1. The number of amides is 1. The van der Waals surface area contributed by atoms with Gasteiger partial charge in [-0.15, -0.1) is 0 Å². The van der Waals surface area contributed by atoms with Crippen molar-refractivity contribution in [1.82, 2.24) is 4.98 Å². The Labute approximate surface area is 157 Å². The van der Waals surface area contributed by atoms with E-state index in [-0.39, 0.29) is 17.3 Å². The summed E-state index contributed by atoms with van der Waals surface area (Å²) < 4.78 is 4.89. The van der Waals surface area contributed by atoms with Crippen molar-refractivity contribution in [2.45, 2.75) is 6.42 Å². The topological polar surface area (TPSA) is 68.3 Å². The monoisotopic (exact) mass is 406 g/mol. The maximum atomic E-state index is 11.7. The summed E-state index contributed by atoms with van der Waals surface area (Å²) in [5.74, 6) is -1.03. The van der Waals surface area contributed by atoms with Crippen molar-refractivity contribution in [1.29, 1.82) is 0 Å². The lowest BCUT2D eigenvalue weighted by Crippen LogP contribution is -2.22. The van der Waals surface area contributed by atoms with E-state index in [2.05, 4.69) is 10.3 Å². The quantitative estimate of drug-likeness (QED) is 0.744. The number of halogens is 4. The van der Waals surface area contributed by atoms with E-state index in [0.29, 0.717) is 20.6 Å². The molecule has 0 spiro atoms. The molecule has 2 rings (SSSR count). The summed E-state index contributed by atoms with van der Waals surface area (Å²) in [5.41, 5.74) is 0.622. The van der Waals surface area contributed by atoms with E-state index in [1.807, 2.05) is 0 Å². The number of nitrogens with zero attached hydrogens (tertiary/aromatic N) is 1. The minimum Gasteiger partial charge on any atom is -0.455 e. The van der Waals surface area contributed by atoms with Gasteiger partial charge in [0.25, 0.3) is 5.91 Å². The molecule has 0 saturated heterocycles. The molecule has 1 aromatic heterocycles. The number of nitrogens with one attached hydrogen (secondary N) is 1. The van der Waals surface area contributed by atoms with E-state index in [9.17, 15) is 9.59 Å². The molecule has 0 saturated carbocycles. The molecule has 5 nitrogen and oxygen atoms in total. The molecule has 1 N–H and O–H groups in total. The molecule has 1 amide bonds. The third-order valence-electron chi connectivity index (χ3n) is 2.76. The summed E-state index contributed by atoms with van der Waals surface area (Å²) in [6.45, 7) is -0.471. The molecule has 0 radical (unpaired) electrons. The first-order valence-corrected chi connectivity index (χ1v) is 8.07. The fourth-order valence-electron chi connectivity index (χ4n) is 1.69. The first kappa shape index (κ1) is 18.8. The molecule has 9 heteroatoms. The standard InChI is InChI=1S/C15H10Cl4N2O3/c16-9-5-12(19)15(20-6-9)21-13(22)7-24-14(23)4-8-1-2-10(17)11(18)3-8/h1-3,5-6H,4,7H2,(H,20,21,22). The lowest BCUT2D eigenvalue weighted by atomic mass is 10.1. The van der Waals surface area contributed by atoms with Crippen LogP contribution in [-0.2, 0) is 20.7 Å². The maximum Gasteiger partial charge on any atom is 0.310 e. The van der Waals surface area contributed by atoms with Gasteiger partial charge in [0.2, 0.25) is 0 Å². The Hall–Kier alpha value is -1.53. The van der Waals surface area contributed by atoms with Gasteiger partial charge in [-0.05, 0) is 23.8 Å². The molecule has 1 heterocycles. The molecule has 0 aliphatic rings. The van der Waals surface area contributed by atoms with Crippen molar-refractivity contribution in [2.75, 3.05) is 11.9 Å². The van der Waals surface area contributed by atoms with E-state index in [0.717, 1.165) is 0 Å². The van der Waals surface area contributed by atoms with E-state index < -0.39 is 18.5 Å². The highest BCUT2D eigenvalue weighted by Gasteiger charge is 2.12. The first-order valence-electron chi connectivity index (χ1n) is 6.55. The van der Waals surface area contributed by atoms with Crippen LogP contribution in [0.3, 0.4) is 0 Å². The molecule has 0 aliphatic heterocycles. The number of pyridine rings is 1. The van der Waals surface area contributed by atoms with Crippen LogP contribution < -0.4 is 5.32 Å². The number of benzene rings is 1. The summed E-state index contributed by atoms with van der Waals surface area (Å²) in [4.78, 5) is 27.4. The van der Waals surface area contributed by atoms with Gasteiger partial charge in [-0.3, -0.25) is 9.59 Å². The number of hydrogen-bond donors (Lipinski definition) is 1. The fraction of sp³-hybridized carbons (Fsp3) is 0.133. The Morgan fingerprint density at radius 2 is 1.79 bits per heavy atom. The van der Waals surface area contributed by atoms with E-state index >= 15 is 0 Å². The summed E-state index contributed by atoms with van der Waals surface area (Å²) in [6, 6.07) is 6.21. The number of rotatable bonds is 5. The Morgan fingerprint density at radius 3 is 2.46 bits per heavy atom. The fourth-order valence-corrected chi connectivity index (χ4v) is 2.44. The highest BCUT2D eigenvalue weighted by Crippen LogP contribution is 2.23. The summed E-state index contributed by atoms with van der Waals surface area (Å²) in [5, 5.41) is 3.66. The third kappa shape index (κ3) is 5.53. The smallest absolute Gasteiger partial charge is 0.310 e. The third-order valence-corrected chi connectivity index (χ3v) is 4.00. The largest absolute Gasteiger partial charge is 0.455 e. The van der Waals surface area contributed by atoms with E-state index in [4.69, 9.17) is 51.1 Å². The van der Waals surface area contributed by atoms with Crippen molar-refractivity contribution >= 4 is 64.1 Å². The lowest BCUT2D eigenvalue weighted by molar-refractivity contribution is -0.146. The molecule has 0 unspecified atom stereocenters. The Kier molecular flexibility index (Phi) is 6.69. The van der Waals surface area contributed by atoms with Crippen molar-refractivity contribution in [2.24, 2.45) is 0 Å².